The number of hydrogen-bond donors (Lipinski definition) is 0. The molecule has 0 fully saturated rings. The smallest absolute Gasteiger partial charge is 0.257 e. The monoisotopic (exact) mass is 450 g/mol. The number of carbonyl (C=O) groups excluding carboxylic acids is 2. The molecule has 178 valence electrons. The van der Waals surface area contributed by atoms with Crippen molar-refractivity contribution in [2.75, 3.05) is 26.7 Å². The molecule has 0 N–H and O–H groups in total. The van der Waals surface area contributed by atoms with Crippen LogP contribution in [0.15, 0.2) is 54.6 Å². The van der Waals surface area contributed by atoms with E-state index in [0.717, 1.165) is 25.7 Å². The molecule has 0 aromatic heterocycles. The van der Waals surface area contributed by atoms with E-state index in [1.165, 1.54) is 5.56 Å². The normalized spacial score (nSPS) is 18.8. The molecular formula is C28H38N2O3. The lowest BCUT2D eigenvalue weighted by Crippen LogP contribution is -2.49. The average Bonchev–Trinajstić information content (AvgIpc) is 2.80. The Kier molecular flexibility index (Phi) is 8.54. The van der Waals surface area contributed by atoms with Crippen LogP contribution < -0.4 is 4.74 Å². The molecule has 2 aromatic carbocycles. The van der Waals surface area contributed by atoms with E-state index >= 15 is 0 Å². The van der Waals surface area contributed by atoms with Crippen LogP contribution in [0.25, 0.3) is 0 Å². The van der Waals surface area contributed by atoms with E-state index in [4.69, 9.17) is 4.74 Å². The highest BCUT2D eigenvalue weighted by Crippen LogP contribution is 2.25. The first-order valence-corrected chi connectivity index (χ1v) is 12.1. The van der Waals surface area contributed by atoms with Gasteiger partial charge in [-0.1, -0.05) is 76.1 Å². The second-order valence-corrected chi connectivity index (χ2v) is 10.0. The molecule has 5 nitrogen and oxygen atoms in total. The number of carbonyl (C=O) groups is 2. The largest absolute Gasteiger partial charge is 0.491 e. The minimum absolute atomic E-state index is 0.0232. The van der Waals surface area contributed by atoms with Crippen LogP contribution in [0.4, 0.5) is 0 Å². The molecular weight excluding hydrogens is 412 g/mol. The van der Waals surface area contributed by atoms with Gasteiger partial charge in [0.05, 0.1) is 11.6 Å². The van der Waals surface area contributed by atoms with Gasteiger partial charge in [-0.15, -0.1) is 0 Å². The number of hydrogen-bond acceptors (Lipinski definition) is 3. The summed E-state index contributed by atoms with van der Waals surface area (Å²) in [6.07, 6.45) is 4.67. The summed E-state index contributed by atoms with van der Waals surface area (Å²) in [7, 11) is 1.85. The number of amides is 2. The highest BCUT2D eigenvalue weighted by Gasteiger charge is 2.32. The SMILES string of the molecule is CN1CCCCCCN(C(=O)C(C)(C)C)[C@H](Cc2ccccc2)COc2ccccc2C1=O. The van der Waals surface area contributed by atoms with Gasteiger partial charge in [0.15, 0.2) is 0 Å². The van der Waals surface area contributed by atoms with Gasteiger partial charge in [0.25, 0.3) is 5.91 Å². The number of fused-ring (bicyclic) bond motifs is 1. The third-order valence-electron chi connectivity index (χ3n) is 6.20. The van der Waals surface area contributed by atoms with Gasteiger partial charge >= 0.3 is 0 Å². The van der Waals surface area contributed by atoms with Crippen LogP contribution in [0.5, 0.6) is 5.75 Å². The molecule has 0 aliphatic carbocycles. The maximum atomic E-state index is 13.5. The Morgan fingerprint density at radius 2 is 1.58 bits per heavy atom. The summed E-state index contributed by atoms with van der Waals surface area (Å²) in [4.78, 5) is 30.4. The van der Waals surface area contributed by atoms with Crippen LogP contribution in [0, 0.1) is 5.41 Å². The van der Waals surface area contributed by atoms with Crippen molar-refractivity contribution in [2.24, 2.45) is 5.41 Å². The zero-order valence-corrected chi connectivity index (χ0v) is 20.5. The van der Waals surface area contributed by atoms with E-state index in [9.17, 15) is 9.59 Å². The Labute approximate surface area is 198 Å². The molecule has 0 saturated heterocycles. The summed E-state index contributed by atoms with van der Waals surface area (Å²) in [5, 5.41) is 0. The van der Waals surface area contributed by atoms with Gasteiger partial charge in [-0.3, -0.25) is 9.59 Å². The third kappa shape index (κ3) is 6.83. The summed E-state index contributed by atoms with van der Waals surface area (Å²) in [5.41, 5.74) is 1.27. The lowest BCUT2D eigenvalue weighted by Gasteiger charge is -2.36. The maximum Gasteiger partial charge on any atom is 0.257 e. The standard InChI is InChI=1S/C28H38N2O3/c1-28(2,3)27(32)30-19-13-6-5-12-18-29(4)26(31)24-16-10-11-17-25(24)33-21-23(30)20-22-14-8-7-9-15-22/h7-11,14-17,23H,5-6,12-13,18-21H2,1-4H3/t23-/m1/s1. The fourth-order valence-corrected chi connectivity index (χ4v) is 4.27. The van der Waals surface area contributed by atoms with Crippen LogP contribution in [0.1, 0.15) is 62.4 Å². The number of para-hydroxylation sites is 1. The Morgan fingerprint density at radius 3 is 2.27 bits per heavy atom. The van der Waals surface area contributed by atoms with E-state index in [-0.39, 0.29) is 17.9 Å². The third-order valence-corrected chi connectivity index (χ3v) is 6.20. The fourth-order valence-electron chi connectivity index (χ4n) is 4.27. The van der Waals surface area contributed by atoms with Crippen molar-refractivity contribution in [3.63, 3.8) is 0 Å². The van der Waals surface area contributed by atoms with Crippen molar-refractivity contribution in [3.8, 4) is 5.75 Å². The lowest BCUT2D eigenvalue weighted by atomic mass is 9.92. The Balaban J connectivity index is 1.95. The molecule has 1 heterocycles. The fraction of sp³-hybridized carbons (Fsp3) is 0.500. The van der Waals surface area contributed by atoms with Gasteiger partial charge < -0.3 is 14.5 Å². The summed E-state index contributed by atoms with van der Waals surface area (Å²) in [6, 6.07) is 17.6. The number of rotatable bonds is 2. The molecule has 3 rings (SSSR count). The maximum absolute atomic E-state index is 13.5. The summed E-state index contributed by atoms with van der Waals surface area (Å²) < 4.78 is 6.29. The summed E-state index contributed by atoms with van der Waals surface area (Å²) in [6.45, 7) is 7.70. The van der Waals surface area contributed by atoms with Gasteiger partial charge in [-0.05, 0) is 37.0 Å². The Morgan fingerprint density at radius 1 is 0.939 bits per heavy atom. The van der Waals surface area contributed by atoms with Gasteiger partial charge in [-0.2, -0.15) is 0 Å². The Bertz CT molecular complexity index is 920. The van der Waals surface area contributed by atoms with Crippen LogP contribution in [0.2, 0.25) is 0 Å². The van der Waals surface area contributed by atoms with Gasteiger partial charge in [0, 0.05) is 25.6 Å². The first kappa shape index (κ1) is 24.8. The highest BCUT2D eigenvalue weighted by atomic mass is 16.5. The summed E-state index contributed by atoms with van der Waals surface area (Å²) >= 11 is 0. The van der Waals surface area contributed by atoms with Crippen LogP contribution >= 0.6 is 0 Å². The molecule has 5 heteroatoms. The van der Waals surface area contributed by atoms with Crippen LogP contribution in [-0.2, 0) is 11.2 Å². The second kappa shape index (κ2) is 11.4. The van der Waals surface area contributed by atoms with Crippen molar-refractivity contribution in [2.45, 2.75) is 58.9 Å². The predicted octanol–water partition coefficient (Wildman–Crippen LogP) is 5.20. The molecule has 33 heavy (non-hydrogen) atoms. The first-order chi connectivity index (χ1) is 15.8. The quantitative estimate of drug-likeness (QED) is 0.632. The molecule has 1 atom stereocenters. The molecule has 0 radical (unpaired) electrons. The van der Waals surface area contributed by atoms with Crippen LogP contribution in [-0.4, -0.2) is 54.4 Å². The molecule has 0 spiro atoms. The molecule has 1 aliphatic heterocycles. The zero-order chi connectivity index (χ0) is 23.8. The van der Waals surface area contributed by atoms with Crippen molar-refractivity contribution in [3.05, 3.63) is 65.7 Å². The van der Waals surface area contributed by atoms with Crippen LogP contribution in [0.3, 0.4) is 0 Å². The Hall–Kier alpha value is -2.82. The van der Waals surface area contributed by atoms with E-state index in [2.05, 4.69) is 12.1 Å². The highest BCUT2D eigenvalue weighted by molar-refractivity contribution is 5.96. The second-order valence-electron chi connectivity index (χ2n) is 10.0. The van der Waals surface area contributed by atoms with E-state index < -0.39 is 5.41 Å². The molecule has 0 unspecified atom stereocenters. The summed E-state index contributed by atoms with van der Waals surface area (Å²) in [5.74, 6) is 0.695. The molecule has 0 saturated carbocycles. The van der Waals surface area contributed by atoms with Crippen molar-refractivity contribution in [1.29, 1.82) is 0 Å². The predicted molar refractivity (Wildman–Crippen MR) is 132 cm³/mol. The van der Waals surface area contributed by atoms with Gasteiger partial charge in [-0.25, -0.2) is 0 Å². The molecule has 1 aliphatic rings. The number of benzene rings is 2. The van der Waals surface area contributed by atoms with Crippen molar-refractivity contribution in [1.82, 2.24) is 9.80 Å². The van der Waals surface area contributed by atoms with E-state index in [1.54, 1.807) is 4.90 Å². The molecule has 2 aromatic rings. The number of nitrogens with zero attached hydrogens (tertiary/aromatic N) is 2. The molecule has 0 bridgehead atoms. The van der Waals surface area contributed by atoms with E-state index in [0.29, 0.717) is 37.4 Å². The van der Waals surface area contributed by atoms with Gasteiger partial charge in [0.1, 0.15) is 12.4 Å². The zero-order valence-electron chi connectivity index (χ0n) is 20.5. The minimum atomic E-state index is -0.475. The van der Waals surface area contributed by atoms with Gasteiger partial charge in [0.2, 0.25) is 5.91 Å². The minimum Gasteiger partial charge on any atom is -0.491 e. The lowest BCUT2D eigenvalue weighted by molar-refractivity contribution is -0.142. The first-order valence-electron chi connectivity index (χ1n) is 12.1. The van der Waals surface area contributed by atoms with Crippen molar-refractivity contribution < 1.29 is 14.3 Å². The number of ether oxygens (including phenoxy) is 1. The topological polar surface area (TPSA) is 49.9 Å². The van der Waals surface area contributed by atoms with Crippen molar-refractivity contribution >= 4 is 11.8 Å². The van der Waals surface area contributed by atoms with E-state index in [1.807, 2.05) is 75.2 Å². The average molecular weight is 451 g/mol. The molecule has 2 amide bonds.